The zero-order valence-electron chi connectivity index (χ0n) is 13.5. The molecule has 0 aliphatic heterocycles. The first-order valence-electron chi connectivity index (χ1n) is 7.52. The van der Waals surface area contributed by atoms with E-state index in [9.17, 15) is 22.0 Å². The Hall–Kier alpha value is -2.97. The number of aromatic nitrogens is 3. The molecule has 3 aromatic rings. The maximum atomic E-state index is 13.6. The van der Waals surface area contributed by atoms with Crippen molar-refractivity contribution in [2.45, 2.75) is 19.6 Å². The summed E-state index contributed by atoms with van der Waals surface area (Å²) in [6.07, 6.45) is -2.31. The van der Waals surface area contributed by atoms with Gasteiger partial charge in [0, 0.05) is 18.3 Å². The summed E-state index contributed by atoms with van der Waals surface area (Å²) in [7, 11) is 0. The van der Waals surface area contributed by atoms with Crippen molar-refractivity contribution in [3.8, 4) is 5.69 Å². The van der Waals surface area contributed by atoms with Crippen molar-refractivity contribution in [2.24, 2.45) is 0 Å². The van der Waals surface area contributed by atoms with Crippen LogP contribution in [-0.2, 0) is 12.7 Å². The maximum absolute atomic E-state index is 13.6. The van der Waals surface area contributed by atoms with Gasteiger partial charge in [-0.1, -0.05) is 6.07 Å². The lowest BCUT2D eigenvalue weighted by Gasteiger charge is -2.09. The van der Waals surface area contributed by atoms with Gasteiger partial charge in [0.25, 0.3) is 0 Å². The molecule has 2 heterocycles. The van der Waals surface area contributed by atoms with Crippen molar-refractivity contribution in [3.63, 3.8) is 0 Å². The van der Waals surface area contributed by atoms with Crippen LogP contribution in [0.15, 0.2) is 42.7 Å². The van der Waals surface area contributed by atoms with Gasteiger partial charge in [-0.05, 0) is 31.2 Å². The normalized spacial score (nSPS) is 11.6. The molecule has 1 N–H and O–H groups in total. The Balaban J connectivity index is 1.76. The molecule has 0 fully saturated rings. The topological polar surface area (TPSA) is 42.7 Å². The van der Waals surface area contributed by atoms with Crippen LogP contribution in [0.5, 0.6) is 0 Å². The molecule has 0 unspecified atom stereocenters. The van der Waals surface area contributed by atoms with Gasteiger partial charge in [0.1, 0.15) is 23.3 Å². The third-order valence-electron chi connectivity index (χ3n) is 3.71. The van der Waals surface area contributed by atoms with Gasteiger partial charge in [-0.3, -0.25) is 0 Å². The van der Waals surface area contributed by atoms with Crippen LogP contribution in [0.3, 0.4) is 0 Å². The van der Waals surface area contributed by atoms with Crippen molar-refractivity contribution in [3.05, 3.63) is 71.4 Å². The lowest BCUT2D eigenvalue weighted by atomic mass is 10.2. The zero-order chi connectivity index (χ0) is 18.9. The first-order valence-corrected chi connectivity index (χ1v) is 7.52. The number of imidazole rings is 1. The second kappa shape index (κ2) is 6.74. The standard InChI is InChI=1S/C17H13F5N4/c1-10-25-15(17(20,21)22)9-26(10)11-5-6-16(23-7-11)24-8-12-13(18)3-2-4-14(12)19/h2-7,9H,8H2,1H3,(H,23,24). The highest BCUT2D eigenvalue weighted by Crippen LogP contribution is 2.29. The number of aryl methyl sites for hydroxylation is 1. The SMILES string of the molecule is Cc1nc(C(F)(F)F)cn1-c1ccc(NCc2c(F)cccc2F)nc1. The van der Waals surface area contributed by atoms with Crippen LogP contribution in [0.4, 0.5) is 27.8 Å². The second-order valence-electron chi connectivity index (χ2n) is 5.50. The Kier molecular flexibility index (Phi) is 4.62. The minimum absolute atomic E-state index is 0.118. The molecule has 0 bridgehead atoms. The summed E-state index contributed by atoms with van der Waals surface area (Å²) in [5.41, 5.74) is -0.737. The molecular weight excluding hydrogens is 355 g/mol. The molecule has 0 aliphatic carbocycles. The Morgan fingerprint density at radius 2 is 1.77 bits per heavy atom. The zero-order valence-corrected chi connectivity index (χ0v) is 13.5. The summed E-state index contributed by atoms with van der Waals surface area (Å²) in [5, 5.41) is 2.77. The molecule has 0 atom stereocenters. The van der Waals surface area contributed by atoms with Crippen molar-refractivity contribution < 1.29 is 22.0 Å². The van der Waals surface area contributed by atoms with Crippen LogP contribution in [0.25, 0.3) is 5.69 Å². The van der Waals surface area contributed by atoms with Crippen LogP contribution in [0, 0.1) is 18.6 Å². The molecular formula is C17H13F5N4. The molecule has 3 rings (SSSR count). The van der Waals surface area contributed by atoms with E-state index in [1.165, 1.54) is 35.9 Å². The van der Waals surface area contributed by atoms with Gasteiger partial charge < -0.3 is 9.88 Å². The van der Waals surface area contributed by atoms with Crippen LogP contribution in [0.1, 0.15) is 17.1 Å². The molecule has 26 heavy (non-hydrogen) atoms. The van der Waals surface area contributed by atoms with Crippen LogP contribution in [0.2, 0.25) is 0 Å². The molecule has 4 nitrogen and oxygen atoms in total. The summed E-state index contributed by atoms with van der Waals surface area (Å²) < 4.78 is 66.6. The van der Waals surface area contributed by atoms with Crippen molar-refractivity contribution in [2.75, 3.05) is 5.32 Å². The first-order chi connectivity index (χ1) is 12.3. The van der Waals surface area contributed by atoms with Gasteiger partial charge >= 0.3 is 6.18 Å². The molecule has 0 saturated carbocycles. The Morgan fingerprint density at radius 3 is 2.31 bits per heavy atom. The van der Waals surface area contributed by atoms with Crippen molar-refractivity contribution in [1.29, 1.82) is 0 Å². The number of nitrogens with zero attached hydrogens (tertiary/aromatic N) is 3. The summed E-state index contributed by atoms with van der Waals surface area (Å²) in [5.74, 6) is -0.871. The number of alkyl halides is 3. The predicted octanol–water partition coefficient (Wildman–Crippen LogP) is 4.48. The molecule has 0 saturated heterocycles. The lowest BCUT2D eigenvalue weighted by molar-refractivity contribution is -0.141. The average Bonchev–Trinajstić information content (AvgIpc) is 2.97. The van der Waals surface area contributed by atoms with Gasteiger partial charge in [0.05, 0.1) is 11.9 Å². The van der Waals surface area contributed by atoms with E-state index in [0.29, 0.717) is 11.5 Å². The number of halogens is 5. The number of hydrogen-bond acceptors (Lipinski definition) is 3. The summed E-state index contributed by atoms with van der Waals surface area (Å²) >= 11 is 0. The van der Waals surface area contributed by atoms with E-state index in [1.807, 2.05) is 0 Å². The van der Waals surface area contributed by atoms with E-state index in [0.717, 1.165) is 18.3 Å². The van der Waals surface area contributed by atoms with Gasteiger partial charge in [-0.25, -0.2) is 18.7 Å². The molecule has 0 amide bonds. The summed E-state index contributed by atoms with van der Waals surface area (Å²) in [6.45, 7) is 1.33. The average molecular weight is 368 g/mol. The van der Waals surface area contributed by atoms with E-state index < -0.39 is 23.5 Å². The van der Waals surface area contributed by atoms with Gasteiger partial charge in [-0.15, -0.1) is 0 Å². The van der Waals surface area contributed by atoms with Crippen LogP contribution in [-0.4, -0.2) is 14.5 Å². The first kappa shape index (κ1) is 17.8. The third-order valence-corrected chi connectivity index (χ3v) is 3.71. The molecule has 0 aliphatic rings. The van der Waals surface area contributed by atoms with Crippen LogP contribution < -0.4 is 5.32 Å². The largest absolute Gasteiger partial charge is 0.434 e. The molecule has 2 aromatic heterocycles. The third kappa shape index (κ3) is 3.66. The van der Waals surface area contributed by atoms with Gasteiger partial charge in [0.15, 0.2) is 5.69 Å². The predicted molar refractivity (Wildman–Crippen MR) is 84.8 cm³/mol. The molecule has 0 spiro atoms. The summed E-state index contributed by atoms with van der Waals surface area (Å²) in [4.78, 5) is 7.54. The van der Waals surface area contributed by atoms with E-state index in [-0.39, 0.29) is 17.9 Å². The van der Waals surface area contributed by atoms with Crippen molar-refractivity contribution >= 4 is 5.82 Å². The molecule has 136 valence electrons. The fourth-order valence-corrected chi connectivity index (χ4v) is 2.38. The lowest BCUT2D eigenvalue weighted by Crippen LogP contribution is -2.06. The van der Waals surface area contributed by atoms with E-state index in [2.05, 4.69) is 15.3 Å². The van der Waals surface area contributed by atoms with Crippen LogP contribution >= 0.6 is 0 Å². The number of anilines is 1. The van der Waals surface area contributed by atoms with Gasteiger partial charge in [0.2, 0.25) is 0 Å². The van der Waals surface area contributed by atoms with E-state index in [4.69, 9.17) is 0 Å². The maximum Gasteiger partial charge on any atom is 0.434 e. The number of hydrogen-bond donors (Lipinski definition) is 1. The monoisotopic (exact) mass is 368 g/mol. The quantitative estimate of drug-likeness (QED) is 0.691. The highest BCUT2D eigenvalue weighted by atomic mass is 19.4. The highest BCUT2D eigenvalue weighted by Gasteiger charge is 2.34. The fraction of sp³-hybridized carbons (Fsp3) is 0.176. The van der Waals surface area contributed by atoms with Crippen molar-refractivity contribution in [1.82, 2.24) is 14.5 Å². The van der Waals surface area contributed by atoms with Gasteiger partial charge in [-0.2, -0.15) is 13.2 Å². The minimum Gasteiger partial charge on any atom is -0.366 e. The number of nitrogens with one attached hydrogen (secondary N) is 1. The fourth-order valence-electron chi connectivity index (χ4n) is 2.38. The number of rotatable bonds is 4. The number of benzene rings is 1. The summed E-state index contributed by atoms with van der Waals surface area (Å²) in [6, 6.07) is 6.60. The van der Waals surface area contributed by atoms with E-state index >= 15 is 0 Å². The Labute approximate surface area is 145 Å². The Bertz CT molecular complexity index is 896. The highest BCUT2D eigenvalue weighted by molar-refractivity contribution is 5.42. The smallest absolute Gasteiger partial charge is 0.366 e. The molecule has 1 aromatic carbocycles. The molecule has 0 radical (unpaired) electrons. The number of pyridine rings is 1. The second-order valence-corrected chi connectivity index (χ2v) is 5.50. The van der Waals surface area contributed by atoms with E-state index in [1.54, 1.807) is 0 Å². The minimum atomic E-state index is -4.53. The molecule has 9 heteroatoms. The Morgan fingerprint density at radius 1 is 1.08 bits per heavy atom.